The molecule has 21 heavy (non-hydrogen) atoms. The highest BCUT2D eigenvalue weighted by atomic mass is 16.6. The highest BCUT2D eigenvalue weighted by molar-refractivity contribution is 5.83. The summed E-state index contributed by atoms with van der Waals surface area (Å²) in [6.45, 7) is 7.37. The van der Waals surface area contributed by atoms with Crippen LogP contribution in [-0.2, 0) is 14.3 Å². The topological polar surface area (TPSA) is 79.6 Å². The molecule has 2 rings (SSSR count). The van der Waals surface area contributed by atoms with Gasteiger partial charge in [-0.2, -0.15) is 5.26 Å². The normalized spacial score (nSPS) is 30.3. The Kier molecular flexibility index (Phi) is 3.87. The molecule has 1 unspecified atom stereocenters. The van der Waals surface area contributed by atoms with Crippen molar-refractivity contribution in [2.24, 2.45) is 5.41 Å². The van der Waals surface area contributed by atoms with Gasteiger partial charge < -0.3 is 9.47 Å². The molecule has 6 heteroatoms. The molecule has 0 radical (unpaired) electrons. The molecule has 0 N–H and O–H groups in total. The number of hydrogen-bond acceptors (Lipinski definition) is 5. The van der Waals surface area contributed by atoms with E-state index in [1.54, 1.807) is 27.7 Å². The van der Waals surface area contributed by atoms with Gasteiger partial charge in [-0.1, -0.05) is 0 Å². The first-order valence-electron chi connectivity index (χ1n) is 7.29. The Labute approximate surface area is 125 Å². The molecule has 1 saturated carbocycles. The van der Waals surface area contributed by atoms with Gasteiger partial charge in [0.15, 0.2) is 0 Å². The van der Waals surface area contributed by atoms with Gasteiger partial charge in [0.1, 0.15) is 11.6 Å². The number of likely N-dealkylation sites (tertiary alicyclic amines) is 1. The molecule has 1 aliphatic heterocycles. The van der Waals surface area contributed by atoms with Crippen molar-refractivity contribution in [3.63, 3.8) is 0 Å². The van der Waals surface area contributed by atoms with E-state index in [0.717, 1.165) is 6.42 Å². The van der Waals surface area contributed by atoms with Crippen LogP contribution in [0.25, 0.3) is 0 Å². The van der Waals surface area contributed by atoms with Gasteiger partial charge in [-0.15, -0.1) is 0 Å². The smallest absolute Gasteiger partial charge is 0.411 e. The maximum Gasteiger partial charge on any atom is 0.411 e. The predicted molar refractivity (Wildman–Crippen MR) is 74.2 cm³/mol. The lowest BCUT2D eigenvalue weighted by Gasteiger charge is -2.29. The number of piperidine rings is 1. The van der Waals surface area contributed by atoms with Crippen molar-refractivity contribution in [1.29, 1.82) is 5.26 Å². The molecular formula is C15H22N2O4. The van der Waals surface area contributed by atoms with Gasteiger partial charge >= 0.3 is 12.1 Å². The molecule has 1 heterocycles. The third kappa shape index (κ3) is 2.97. The molecule has 3 atom stereocenters. The summed E-state index contributed by atoms with van der Waals surface area (Å²) in [5.74, 6) is -0.409. The van der Waals surface area contributed by atoms with Crippen molar-refractivity contribution in [2.45, 2.75) is 64.6 Å². The third-order valence-electron chi connectivity index (χ3n) is 4.01. The largest absolute Gasteiger partial charge is 0.464 e. The summed E-state index contributed by atoms with van der Waals surface area (Å²) >= 11 is 0. The summed E-state index contributed by atoms with van der Waals surface area (Å²) in [4.78, 5) is 25.9. The highest BCUT2D eigenvalue weighted by Crippen LogP contribution is 2.61. The van der Waals surface area contributed by atoms with Crippen molar-refractivity contribution < 1.29 is 19.1 Å². The first-order valence-corrected chi connectivity index (χ1v) is 7.29. The van der Waals surface area contributed by atoms with Crippen molar-refractivity contribution in [2.75, 3.05) is 6.61 Å². The van der Waals surface area contributed by atoms with Crippen LogP contribution in [0.2, 0.25) is 0 Å². The molecule has 0 aromatic rings. The van der Waals surface area contributed by atoms with E-state index in [4.69, 9.17) is 14.7 Å². The van der Waals surface area contributed by atoms with Gasteiger partial charge in [0.05, 0.1) is 12.7 Å². The molecule has 1 saturated heterocycles. The highest BCUT2D eigenvalue weighted by Gasteiger charge is 2.68. The number of nitrogens with zero attached hydrogens (tertiary/aromatic N) is 2. The van der Waals surface area contributed by atoms with Crippen molar-refractivity contribution >= 4 is 12.1 Å². The standard InChI is InChI=1S/C15H22N2O4/c1-5-20-12(18)10-8-15(6-7-16)9-11(15)17(10)13(19)21-14(2,3)4/h10-11H,5-6,8-9H2,1-4H3/t10-,11?,15-/m0/s1. The Balaban J connectivity index is 2.17. The zero-order valence-electron chi connectivity index (χ0n) is 13.0. The van der Waals surface area contributed by atoms with E-state index >= 15 is 0 Å². The fraction of sp³-hybridized carbons (Fsp3) is 0.800. The molecule has 0 spiro atoms. The average molecular weight is 294 g/mol. The summed E-state index contributed by atoms with van der Waals surface area (Å²) in [5, 5.41) is 8.96. The number of hydrogen-bond donors (Lipinski definition) is 0. The van der Waals surface area contributed by atoms with Crippen LogP contribution in [0.15, 0.2) is 0 Å². The number of fused-ring (bicyclic) bond motifs is 1. The zero-order valence-corrected chi connectivity index (χ0v) is 13.0. The molecular weight excluding hydrogens is 272 g/mol. The van der Waals surface area contributed by atoms with Crippen molar-refractivity contribution in [3.8, 4) is 6.07 Å². The van der Waals surface area contributed by atoms with Gasteiger partial charge in [-0.3, -0.25) is 4.90 Å². The van der Waals surface area contributed by atoms with Crippen LogP contribution >= 0.6 is 0 Å². The molecule has 2 fully saturated rings. The minimum Gasteiger partial charge on any atom is -0.464 e. The van der Waals surface area contributed by atoms with E-state index in [1.807, 2.05) is 0 Å². The first kappa shape index (κ1) is 15.6. The third-order valence-corrected chi connectivity index (χ3v) is 4.01. The SMILES string of the molecule is CCOC(=O)[C@@H]1C[C@@]2(CC#N)CC2N1C(=O)OC(C)(C)C. The summed E-state index contributed by atoms with van der Waals surface area (Å²) in [7, 11) is 0. The quantitative estimate of drug-likeness (QED) is 0.746. The van der Waals surface area contributed by atoms with E-state index in [2.05, 4.69) is 6.07 Å². The lowest BCUT2D eigenvalue weighted by Crippen LogP contribution is -2.46. The minimum atomic E-state index is -0.633. The number of amides is 1. The lowest BCUT2D eigenvalue weighted by molar-refractivity contribution is -0.149. The monoisotopic (exact) mass is 294 g/mol. The number of ether oxygens (including phenoxy) is 2. The molecule has 1 aliphatic carbocycles. The second-order valence-electron chi connectivity index (χ2n) is 6.78. The molecule has 0 aromatic carbocycles. The van der Waals surface area contributed by atoms with Gasteiger partial charge in [0.25, 0.3) is 0 Å². The number of rotatable bonds is 3. The van der Waals surface area contributed by atoms with E-state index in [1.165, 1.54) is 4.90 Å². The second-order valence-corrected chi connectivity index (χ2v) is 6.78. The summed E-state index contributed by atoms with van der Waals surface area (Å²) in [6.07, 6.45) is 1.11. The Hall–Kier alpha value is -1.77. The van der Waals surface area contributed by atoms with Crippen LogP contribution in [0.4, 0.5) is 4.79 Å². The molecule has 0 bridgehead atoms. The summed E-state index contributed by atoms with van der Waals surface area (Å²) in [5.41, 5.74) is -0.866. The number of carbonyl (C=O) groups is 2. The molecule has 6 nitrogen and oxygen atoms in total. The Morgan fingerprint density at radius 1 is 1.38 bits per heavy atom. The van der Waals surface area contributed by atoms with Crippen LogP contribution in [0.5, 0.6) is 0 Å². The average Bonchev–Trinajstić information content (AvgIpc) is 2.92. The zero-order chi connectivity index (χ0) is 15.8. The summed E-state index contributed by atoms with van der Waals surface area (Å²) in [6, 6.07) is 1.45. The fourth-order valence-corrected chi connectivity index (χ4v) is 3.06. The maximum atomic E-state index is 12.4. The van der Waals surface area contributed by atoms with Crippen molar-refractivity contribution in [1.82, 2.24) is 4.90 Å². The van der Waals surface area contributed by atoms with E-state index in [0.29, 0.717) is 12.8 Å². The fourth-order valence-electron chi connectivity index (χ4n) is 3.06. The predicted octanol–water partition coefficient (Wildman–Crippen LogP) is 2.23. The van der Waals surface area contributed by atoms with Crippen LogP contribution < -0.4 is 0 Å². The number of nitriles is 1. The number of carbonyl (C=O) groups excluding carboxylic acids is 2. The van der Waals surface area contributed by atoms with Gasteiger partial charge in [-0.05, 0) is 40.5 Å². The van der Waals surface area contributed by atoms with Gasteiger partial charge in [-0.25, -0.2) is 9.59 Å². The Morgan fingerprint density at radius 3 is 2.57 bits per heavy atom. The van der Waals surface area contributed by atoms with Crippen LogP contribution in [0.1, 0.15) is 47.0 Å². The van der Waals surface area contributed by atoms with Gasteiger partial charge in [0, 0.05) is 17.9 Å². The molecule has 116 valence electrons. The van der Waals surface area contributed by atoms with Crippen molar-refractivity contribution in [3.05, 3.63) is 0 Å². The molecule has 1 amide bonds. The lowest BCUT2D eigenvalue weighted by atomic mass is 9.96. The molecule has 2 aliphatic rings. The Bertz CT molecular complexity index is 491. The number of esters is 1. The van der Waals surface area contributed by atoms with E-state index < -0.39 is 23.7 Å². The van der Waals surface area contributed by atoms with Crippen LogP contribution in [-0.4, -0.2) is 41.3 Å². The molecule has 0 aromatic heterocycles. The minimum absolute atomic E-state index is 0.0820. The Morgan fingerprint density at radius 2 is 2.05 bits per heavy atom. The van der Waals surface area contributed by atoms with E-state index in [9.17, 15) is 9.59 Å². The first-order chi connectivity index (χ1) is 9.74. The summed E-state index contributed by atoms with van der Waals surface area (Å²) < 4.78 is 10.5. The second kappa shape index (κ2) is 5.21. The van der Waals surface area contributed by atoms with Gasteiger partial charge in [0.2, 0.25) is 0 Å². The maximum absolute atomic E-state index is 12.4. The van der Waals surface area contributed by atoms with E-state index in [-0.39, 0.29) is 18.1 Å². The van der Waals surface area contributed by atoms with Crippen LogP contribution in [0.3, 0.4) is 0 Å². The van der Waals surface area contributed by atoms with Crippen LogP contribution in [0, 0.1) is 16.7 Å².